The number of ketones is 1. The van der Waals surface area contributed by atoms with Crippen molar-refractivity contribution in [2.24, 2.45) is 0 Å². The SMILES string of the molecule is CC(C)Oc1c(/C=C/C(=O)c2ccc(N)cc2)cc(C(C)(C)C)c(O)c1C(C)(C)C. The molecule has 4 nitrogen and oxygen atoms in total. The van der Waals surface area contributed by atoms with Gasteiger partial charge in [0.1, 0.15) is 11.5 Å². The van der Waals surface area contributed by atoms with Gasteiger partial charge in [0, 0.05) is 27.9 Å². The van der Waals surface area contributed by atoms with Crippen LogP contribution < -0.4 is 10.5 Å². The average molecular weight is 410 g/mol. The zero-order chi connectivity index (χ0) is 22.9. The van der Waals surface area contributed by atoms with Crippen molar-refractivity contribution in [3.8, 4) is 11.5 Å². The van der Waals surface area contributed by atoms with E-state index < -0.39 is 0 Å². The number of carbonyl (C=O) groups excluding carboxylic acids is 1. The Hall–Kier alpha value is -2.75. The van der Waals surface area contributed by atoms with E-state index in [1.165, 1.54) is 0 Å². The summed E-state index contributed by atoms with van der Waals surface area (Å²) < 4.78 is 6.17. The minimum atomic E-state index is -0.348. The third-order valence-corrected chi connectivity index (χ3v) is 4.80. The number of carbonyl (C=O) groups is 1. The van der Waals surface area contributed by atoms with Gasteiger partial charge in [0.2, 0.25) is 0 Å². The highest BCUT2D eigenvalue weighted by Crippen LogP contribution is 2.46. The van der Waals surface area contributed by atoms with Crippen LogP contribution in [0.4, 0.5) is 5.69 Å². The first-order valence-electron chi connectivity index (χ1n) is 10.4. The van der Waals surface area contributed by atoms with E-state index in [4.69, 9.17) is 10.5 Å². The summed E-state index contributed by atoms with van der Waals surface area (Å²) >= 11 is 0. The summed E-state index contributed by atoms with van der Waals surface area (Å²) in [5.74, 6) is 0.755. The Balaban J connectivity index is 2.68. The third kappa shape index (κ3) is 5.44. The predicted octanol–water partition coefficient (Wildman–Crippen LogP) is 6.25. The molecule has 3 N–H and O–H groups in total. The number of phenolic OH excluding ortho intramolecular Hbond substituents is 1. The summed E-state index contributed by atoms with van der Waals surface area (Å²) in [4.78, 5) is 12.7. The number of anilines is 1. The summed E-state index contributed by atoms with van der Waals surface area (Å²) in [6, 6.07) is 8.78. The molecule has 0 saturated carbocycles. The van der Waals surface area contributed by atoms with Crippen molar-refractivity contribution in [3.05, 3.63) is 58.7 Å². The Kier molecular flexibility index (Phi) is 6.70. The molecule has 0 aliphatic carbocycles. The van der Waals surface area contributed by atoms with E-state index in [1.54, 1.807) is 36.4 Å². The number of ether oxygens (including phenoxy) is 1. The van der Waals surface area contributed by atoms with Crippen molar-refractivity contribution >= 4 is 17.5 Å². The van der Waals surface area contributed by atoms with E-state index >= 15 is 0 Å². The van der Waals surface area contributed by atoms with Gasteiger partial charge in [-0.05, 0) is 67.2 Å². The molecule has 0 amide bonds. The van der Waals surface area contributed by atoms with Gasteiger partial charge in [-0.2, -0.15) is 0 Å². The lowest BCUT2D eigenvalue weighted by molar-refractivity contribution is 0.104. The molecule has 30 heavy (non-hydrogen) atoms. The zero-order valence-electron chi connectivity index (χ0n) is 19.5. The molecule has 2 rings (SSSR count). The number of hydrogen-bond acceptors (Lipinski definition) is 4. The number of benzene rings is 2. The number of nitrogens with two attached hydrogens (primary N) is 1. The van der Waals surface area contributed by atoms with Crippen LogP contribution in [0.5, 0.6) is 11.5 Å². The van der Waals surface area contributed by atoms with Crippen LogP contribution in [0.15, 0.2) is 36.4 Å². The van der Waals surface area contributed by atoms with Crippen molar-refractivity contribution in [2.45, 2.75) is 72.3 Å². The lowest BCUT2D eigenvalue weighted by Gasteiger charge is -2.31. The third-order valence-electron chi connectivity index (χ3n) is 4.80. The first kappa shape index (κ1) is 23.5. The number of phenols is 1. The van der Waals surface area contributed by atoms with Crippen LogP contribution in [0.2, 0.25) is 0 Å². The molecule has 0 radical (unpaired) electrons. The Labute approximate surface area is 180 Å². The fourth-order valence-corrected chi connectivity index (χ4v) is 3.34. The van der Waals surface area contributed by atoms with Gasteiger partial charge in [-0.3, -0.25) is 4.79 Å². The molecule has 0 aromatic heterocycles. The summed E-state index contributed by atoms with van der Waals surface area (Å²) in [6.07, 6.45) is 3.25. The molecule has 0 aliphatic rings. The Bertz CT molecular complexity index is 940. The van der Waals surface area contributed by atoms with Gasteiger partial charge in [0.15, 0.2) is 5.78 Å². The van der Waals surface area contributed by atoms with E-state index in [0.29, 0.717) is 17.0 Å². The Morgan fingerprint density at radius 3 is 2.07 bits per heavy atom. The second kappa shape index (κ2) is 8.55. The largest absolute Gasteiger partial charge is 0.507 e. The lowest BCUT2D eigenvalue weighted by atomic mass is 9.77. The summed E-state index contributed by atoms with van der Waals surface area (Å²) in [5.41, 5.74) is 8.63. The molecular formula is C26H35NO3. The fraction of sp³-hybridized carbons (Fsp3) is 0.423. The van der Waals surface area contributed by atoms with E-state index in [1.807, 2.05) is 19.9 Å². The van der Waals surface area contributed by atoms with E-state index in [0.717, 1.165) is 16.7 Å². The maximum Gasteiger partial charge on any atom is 0.185 e. The molecule has 0 unspecified atom stereocenters. The van der Waals surface area contributed by atoms with Gasteiger partial charge in [0.05, 0.1) is 6.10 Å². The normalized spacial score (nSPS) is 12.6. The summed E-state index contributed by atoms with van der Waals surface area (Å²) in [6.45, 7) is 16.2. The van der Waals surface area contributed by atoms with Crippen LogP contribution >= 0.6 is 0 Å². The number of allylic oxidation sites excluding steroid dienone is 1. The lowest BCUT2D eigenvalue weighted by Crippen LogP contribution is -2.21. The molecule has 2 aromatic rings. The molecule has 0 atom stereocenters. The Morgan fingerprint density at radius 2 is 1.60 bits per heavy atom. The molecule has 0 fully saturated rings. The minimum Gasteiger partial charge on any atom is -0.507 e. The van der Waals surface area contributed by atoms with Crippen molar-refractivity contribution < 1.29 is 14.6 Å². The molecule has 0 bridgehead atoms. The van der Waals surface area contributed by atoms with Crippen LogP contribution in [0.25, 0.3) is 6.08 Å². The van der Waals surface area contributed by atoms with Gasteiger partial charge in [-0.1, -0.05) is 41.5 Å². The predicted molar refractivity (Wildman–Crippen MR) is 125 cm³/mol. The first-order chi connectivity index (χ1) is 13.7. The van der Waals surface area contributed by atoms with E-state index in [9.17, 15) is 9.90 Å². The molecular weight excluding hydrogens is 374 g/mol. The smallest absolute Gasteiger partial charge is 0.185 e. The molecule has 0 heterocycles. The van der Waals surface area contributed by atoms with Gasteiger partial charge in [-0.15, -0.1) is 0 Å². The van der Waals surface area contributed by atoms with Crippen molar-refractivity contribution in [2.75, 3.05) is 5.73 Å². The molecule has 0 saturated heterocycles. The molecule has 4 heteroatoms. The number of rotatable bonds is 5. The maximum atomic E-state index is 12.7. The monoisotopic (exact) mass is 409 g/mol. The van der Waals surface area contributed by atoms with E-state index in [-0.39, 0.29) is 28.5 Å². The van der Waals surface area contributed by atoms with Crippen LogP contribution in [0.3, 0.4) is 0 Å². The number of aromatic hydroxyl groups is 1. The highest BCUT2D eigenvalue weighted by Gasteiger charge is 2.31. The maximum absolute atomic E-state index is 12.7. The highest BCUT2D eigenvalue weighted by atomic mass is 16.5. The minimum absolute atomic E-state index is 0.0778. The van der Waals surface area contributed by atoms with Crippen LogP contribution in [0.1, 0.15) is 82.4 Å². The second-order valence-electron chi connectivity index (χ2n) is 10.1. The van der Waals surface area contributed by atoms with Crippen molar-refractivity contribution in [1.29, 1.82) is 0 Å². The van der Waals surface area contributed by atoms with E-state index in [2.05, 4.69) is 41.5 Å². The zero-order valence-corrected chi connectivity index (χ0v) is 19.5. The average Bonchev–Trinajstić information content (AvgIpc) is 2.58. The van der Waals surface area contributed by atoms with Gasteiger partial charge >= 0.3 is 0 Å². The number of hydrogen-bond donors (Lipinski definition) is 2. The molecule has 162 valence electrons. The van der Waals surface area contributed by atoms with Crippen molar-refractivity contribution in [1.82, 2.24) is 0 Å². The fourth-order valence-electron chi connectivity index (χ4n) is 3.34. The number of nitrogen functional groups attached to an aromatic ring is 1. The quantitative estimate of drug-likeness (QED) is 0.348. The van der Waals surface area contributed by atoms with Crippen LogP contribution in [-0.2, 0) is 10.8 Å². The summed E-state index contributed by atoms with van der Waals surface area (Å²) in [5, 5.41) is 11.2. The molecule has 2 aromatic carbocycles. The first-order valence-corrected chi connectivity index (χ1v) is 10.4. The van der Waals surface area contributed by atoms with Crippen LogP contribution in [0, 0.1) is 0 Å². The van der Waals surface area contributed by atoms with Gasteiger partial charge in [-0.25, -0.2) is 0 Å². The highest BCUT2D eigenvalue weighted by molar-refractivity contribution is 6.07. The molecule has 0 spiro atoms. The van der Waals surface area contributed by atoms with Crippen LogP contribution in [-0.4, -0.2) is 17.0 Å². The Morgan fingerprint density at radius 1 is 1.03 bits per heavy atom. The van der Waals surface area contributed by atoms with Gasteiger partial charge < -0.3 is 15.6 Å². The summed E-state index contributed by atoms with van der Waals surface area (Å²) in [7, 11) is 0. The van der Waals surface area contributed by atoms with Crippen molar-refractivity contribution in [3.63, 3.8) is 0 Å². The second-order valence-corrected chi connectivity index (χ2v) is 10.1. The van der Waals surface area contributed by atoms with Gasteiger partial charge in [0.25, 0.3) is 0 Å². The topological polar surface area (TPSA) is 72.5 Å². The molecule has 0 aliphatic heterocycles. The standard InChI is InChI=1S/C26H35NO3/c1-16(2)30-24-18(11-14-21(28)17-9-12-19(27)13-10-17)15-20(25(3,4)5)23(29)22(24)26(6,7)8/h9-16,29H,27H2,1-8H3/b14-11+.